The van der Waals surface area contributed by atoms with Crippen molar-refractivity contribution < 1.29 is 9.53 Å². The Hall–Kier alpha value is -4.76. The van der Waals surface area contributed by atoms with Crippen LogP contribution in [0.15, 0.2) is 79.9 Å². The third-order valence-corrected chi connectivity index (χ3v) is 6.14. The zero-order chi connectivity index (χ0) is 26.6. The first-order valence-electron chi connectivity index (χ1n) is 11.7. The first-order chi connectivity index (χ1) is 18.4. The molecule has 0 fully saturated rings. The van der Waals surface area contributed by atoms with Crippen LogP contribution < -0.4 is 10.1 Å². The van der Waals surface area contributed by atoms with E-state index in [2.05, 4.69) is 26.8 Å². The van der Waals surface area contributed by atoms with Gasteiger partial charge in [0.25, 0.3) is 0 Å². The van der Waals surface area contributed by atoms with Crippen LogP contribution in [-0.2, 0) is 11.8 Å². The summed E-state index contributed by atoms with van der Waals surface area (Å²) in [6.07, 6.45) is 8.22. The number of fused-ring (bicyclic) bond motifs is 2. The lowest BCUT2D eigenvalue weighted by atomic mass is 10.2. The Morgan fingerprint density at radius 2 is 2.00 bits per heavy atom. The molecule has 0 aliphatic heterocycles. The highest BCUT2D eigenvalue weighted by molar-refractivity contribution is 6.32. The van der Waals surface area contributed by atoms with Crippen LogP contribution in [0.4, 0.5) is 11.5 Å². The van der Waals surface area contributed by atoms with Crippen molar-refractivity contribution in [1.82, 2.24) is 29.4 Å². The van der Waals surface area contributed by atoms with Crippen molar-refractivity contribution in [2.45, 2.75) is 0 Å². The van der Waals surface area contributed by atoms with Gasteiger partial charge in [-0.1, -0.05) is 24.3 Å². The molecule has 0 atom stereocenters. The minimum Gasteiger partial charge on any atom is -0.456 e. The van der Waals surface area contributed by atoms with Crippen molar-refractivity contribution >= 4 is 57.2 Å². The molecule has 0 aliphatic carbocycles. The van der Waals surface area contributed by atoms with Crippen molar-refractivity contribution in [1.29, 1.82) is 0 Å². The van der Waals surface area contributed by atoms with E-state index in [1.54, 1.807) is 30.4 Å². The molecule has 0 saturated heterocycles. The van der Waals surface area contributed by atoms with Crippen LogP contribution in [0.2, 0.25) is 5.02 Å². The van der Waals surface area contributed by atoms with Crippen molar-refractivity contribution in [2.24, 2.45) is 7.05 Å². The van der Waals surface area contributed by atoms with Crippen molar-refractivity contribution in [3.63, 3.8) is 0 Å². The first kappa shape index (κ1) is 24.9. The predicted octanol–water partition coefficient (Wildman–Crippen LogP) is 5.76. The number of amides is 1. The number of likely N-dealkylation sites (N-methyl/N-ethyl adjacent to an activating group) is 1. The van der Waals surface area contributed by atoms with Gasteiger partial charge in [0.2, 0.25) is 5.91 Å². The van der Waals surface area contributed by atoms with Crippen LogP contribution in [-0.4, -0.2) is 48.9 Å². The topological polar surface area (TPSA) is 98.1 Å². The van der Waals surface area contributed by atoms with Gasteiger partial charge < -0.3 is 19.5 Å². The number of nitrogens with zero attached hydrogens (tertiary/aromatic N) is 6. The molecule has 2 aromatic carbocycles. The second-order valence-electron chi connectivity index (χ2n) is 8.53. The quantitative estimate of drug-likeness (QED) is 0.257. The van der Waals surface area contributed by atoms with Gasteiger partial charge in [0, 0.05) is 32.4 Å². The zero-order valence-electron chi connectivity index (χ0n) is 20.8. The van der Waals surface area contributed by atoms with Gasteiger partial charge in [-0.2, -0.15) is 0 Å². The molecule has 10 heteroatoms. The fourth-order valence-electron chi connectivity index (χ4n) is 3.82. The summed E-state index contributed by atoms with van der Waals surface area (Å²) in [4.78, 5) is 31.0. The molecule has 1 amide bonds. The van der Waals surface area contributed by atoms with Gasteiger partial charge in [-0.15, -0.1) is 0 Å². The number of pyridine rings is 1. The summed E-state index contributed by atoms with van der Waals surface area (Å²) in [5, 5.41) is 3.71. The molecule has 0 unspecified atom stereocenters. The number of nitrogens with one attached hydrogen (secondary N) is 1. The Balaban J connectivity index is 1.34. The van der Waals surface area contributed by atoms with E-state index in [1.807, 2.05) is 60.2 Å². The van der Waals surface area contributed by atoms with Crippen molar-refractivity contribution in [2.75, 3.05) is 18.9 Å². The highest BCUT2D eigenvalue weighted by atomic mass is 35.5. The number of anilines is 2. The van der Waals surface area contributed by atoms with Gasteiger partial charge in [-0.05, 0) is 54.6 Å². The summed E-state index contributed by atoms with van der Waals surface area (Å²) in [5.74, 6) is 1.55. The lowest BCUT2D eigenvalue weighted by Crippen LogP contribution is -2.24. The van der Waals surface area contributed by atoms with Gasteiger partial charge in [0.05, 0.1) is 33.6 Å². The zero-order valence-corrected chi connectivity index (χ0v) is 21.6. The Kier molecular flexibility index (Phi) is 7.01. The number of aryl methyl sites for hydroxylation is 1. The van der Waals surface area contributed by atoms with E-state index in [1.165, 1.54) is 12.4 Å². The van der Waals surface area contributed by atoms with Crippen LogP contribution in [0.1, 0.15) is 5.69 Å². The Labute approximate surface area is 224 Å². The summed E-state index contributed by atoms with van der Waals surface area (Å²) in [7, 11) is 3.65. The largest absolute Gasteiger partial charge is 0.456 e. The van der Waals surface area contributed by atoms with E-state index in [0.717, 1.165) is 16.7 Å². The maximum atomic E-state index is 11.6. The fourth-order valence-corrected chi connectivity index (χ4v) is 4.04. The molecule has 5 aromatic rings. The van der Waals surface area contributed by atoms with Crippen LogP contribution in [0.25, 0.3) is 28.1 Å². The van der Waals surface area contributed by atoms with E-state index in [4.69, 9.17) is 21.3 Å². The van der Waals surface area contributed by atoms with Crippen molar-refractivity contribution in [3.05, 3.63) is 90.6 Å². The summed E-state index contributed by atoms with van der Waals surface area (Å²) in [6, 6.07) is 14.8. The molecule has 9 nitrogen and oxygen atoms in total. The van der Waals surface area contributed by atoms with Gasteiger partial charge in [0.1, 0.15) is 23.3 Å². The highest BCUT2D eigenvalue weighted by Crippen LogP contribution is 2.34. The molecule has 5 rings (SSSR count). The SMILES string of the molecule is C=CC(=O)N(C)C/C=C/c1ccc2ncnc(Nc3ccc(Oc4ccc5c(c4)ncn5C)c(Cl)c3)c2n1. The van der Waals surface area contributed by atoms with Crippen LogP contribution >= 0.6 is 11.6 Å². The number of aromatic nitrogens is 5. The molecule has 0 saturated carbocycles. The molecule has 1 N–H and O–H groups in total. The molecule has 0 radical (unpaired) electrons. The monoisotopic (exact) mass is 525 g/mol. The van der Waals surface area contributed by atoms with Gasteiger partial charge in [-0.3, -0.25) is 4.79 Å². The summed E-state index contributed by atoms with van der Waals surface area (Å²) < 4.78 is 7.96. The molecule has 38 heavy (non-hydrogen) atoms. The molecular weight excluding hydrogens is 502 g/mol. The van der Waals surface area contributed by atoms with Crippen LogP contribution in [0.5, 0.6) is 11.5 Å². The summed E-state index contributed by atoms with van der Waals surface area (Å²) >= 11 is 6.55. The minimum atomic E-state index is -0.148. The predicted molar refractivity (Wildman–Crippen MR) is 150 cm³/mol. The van der Waals surface area contributed by atoms with Crippen molar-refractivity contribution in [3.8, 4) is 11.5 Å². The van der Waals surface area contributed by atoms with Gasteiger partial charge >= 0.3 is 0 Å². The molecule has 0 aliphatic rings. The molecule has 0 spiro atoms. The maximum absolute atomic E-state index is 11.6. The Morgan fingerprint density at radius 1 is 1.13 bits per heavy atom. The summed E-state index contributed by atoms with van der Waals surface area (Å²) in [5.41, 5.74) is 4.58. The number of benzene rings is 2. The Bertz CT molecular complexity index is 1700. The molecule has 3 aromatic heterocycles. The van der Waals surface area contributed by atoms with E-state index < -0.39 is 0 Å². The number of carbonyl (C=O) groups is 1. The fraction of sp³-hybridized carbons (Fsp3) is 0.107. The van der Waals surface area contributed by atoms with E-state index >= 15 is 0 Å². The second-order valence-corrected chi connectivity index (χ2v) is 8.94. The number of carbonyl (C=O) groups excluding carboxylic acids is 1. The lowest BCUT2D eigenvalue weighted by Gasteiger charge is -2.12. The number of hydrogen-bond acceptors (Lipinski definition) is 7. The normalized spacial score (nSPS) is 11.2. The van der Waals surface area contributed by atoms with Gasteiger partial charge in [-0.25, -0.2) is 19.9 Å². The van der Waals surface area contributed by atoms with E-state index in [-0.39, 0.29) is 5.91 Å². The number of rotatable bonds is 8. The van der Waals surface area contributed by atoms with Crippen LogP contribution in [0.3, 0.4) is 0 Å². The highest BCUT2D eigenvalue weighted by Gasteiger charge is 2.10. The molecule has 3 heterocycles. The van der Waals surface area contributed by atoms with E-state index in [9.17, 15) is 4.79 Å². The first-order valence-corrected chi connectivity index (χ1v) is 12.1. The third-order valence-electron chi connectivity index (χ3n) is 5.84. The summed E-state index contributed by atoms with van der Waals surface area (Å²) in [6.45, 7) is 3.93. The number of imidazole rings is 1. The Morgan fingerprint density at radius 3 is 2.82 bits per heavy atom. The third kappa shape index (κ3) is 5.33. The second kappa shape index (κ2) is 10.7. The molecule has 0 bridgehead atoms. The average molecular weight is 526 g/mol. The smallest absolute Gasteiger partial charge is 0.245 e. The number of halogens is 1. The number of hydrogen-bond donors (Lipinski definition) is 1. The lowest BCUT2D eigenvalue weighted by molar-refractivity contribution is -0.124. The van der Waals surface area contributed by atoms with Crippen LogP contribution in [0, 0.1) is 0 Å². The molecule has 190 valence electrons. The van der Waals surface area contributed by atoms with Gasteiger partial charge in [0.15, 0.2) is 5.82 Å². The maximum Gasteiger partial charge on any atom is 0.245 e. The minimum absolute atomic E-state index is 0.148. The van der Waals surface area contributed by atoms with E-state index in [0.29, 0.717) is 45.6 Å². The molecular formula is C28H24ClN7O2. The standard InChI is InChI=1S/C28H24ClN7O2/c1-4-26(37)35(2)13-5-6-18-7-10-22-27(33-18)28(31-16-30-22)34-19-8-12-25(21(29)14-19)38-20-9-11-24-23(15-20)32-17-36(24)3/h4-12,14-17H,1,13H2,2-3H3,(H,30,31,34)/b6-5+. The average Bonchev–Trinajstić information content (AvgIpc) is 3.29. The number of ether oxygens (including phenoxy) is 1.